The van der Waals surface area contributed by atoms with Crippen molar-refractivity contribution in [2.45, 2.75) is 112 Å². The molecule has 0 saturated heterocycles. The van der Waals surface area contributed by atoms with Crippen molar-refractivity contribution in [2.75, 3.05) is 6.61 Å². The second-order valence-corrected chi connectivity index (χ2v) is 19.1. The average molecular weight is 739 g/mol. The third-order valence-electron chi connectivity index (χ3n) is 16.7. The first-order valence-corrected chi connectivity index (χ1v) is 20.1. The fourth-order valence-corrected chi connectivity index (χ4v) is 13.9. The van der Waals surface area contributed by atoms with Crippen molar-refractivity contribution in [1.29, 1.82) is 0 Å². The lowest BCUT2D eigenvalue weighted by Gasteiger charge is -2.73. The third kappa shape index (κ3) is 5.67. The highest BCUT2D eigenvalue weighted by molar-refractivity contribution is 6.03. The van der Waals surface area contributed by atoms with E-state index < -0.39 is 23.9 Å². The molecule has 5 saturated carbocycles. The predicted molar refractivity (Wildman–Crippen MR) is 205 cm³/mol. The van der Waals surface area contributed by atoms with Crippen LogP contribution in [0.5, 0.6) is 0 Å². The number of esters is 2. The number of hydrogen-bond donors (Lipinski definition) is 2. The third-order valence-corrected chi connectivity index (χ3v) is 16.7. The number of ether oxygens (including phenoxy) is 2. The minimum Gasteiger partial charge on any atom is -0.478 e. The molecule has 0 heterocycles. The molecule has 2 N–H and O–H groups in total. The molecule has 2 aromatic rings. The van der Waals surface area contributed by atoms with Crippen molar-refractivity contribution >= 4 is 23.9 Å². The van der Waals surface area contributed by atoms with E-state index in [0.717, 1.165) is 64.2 Å². The van der Waals surface area contributed by atoms with Gasteiger partial charge in [-0.3, -0.25) is 0 Å². The first-order chi connectivity index (χ1) is 25.4. The molecule has 7 rings (SSSR count). The zero-order valence-corrected chi connectivity index (χ0v) is 32.9. The predicted octanol–water partition coefficient (Wildman–Crippen LogP) is 10.1. The lowest BCUT2D eigenvalue weighted by molar-refractivity contribution is -0.249. The molecule has 8 heteroatoms. The van der Waals surface area contributed by atoms with Crippen LogP contribution in [-0.4, -0.2) is 46.8 Å². The number of aromatic carboxylic acids is 2. The maximum absolute atomic E-state index is 13.5. The number of benzene rings is 2. The average Bonchev–Trinajstić information content (AvgIpc) is 3.52. The lowest BCUT2D eigenvalue weighted by atomic mass is 9.32. The fourth-order valence-electron chi connectivity index (χ4n) is 13.9. The molecule has 2 aromatic carbocycles. The van der Waals surface area contributed by atoms with Crippen LogP contribution in [0, 0.1) is 56.7 Å². The summed E-state index contributed by atoms with van der Waals surface area (Å²) in [6.07, 6.45) is 9.77. The van der Waals surface area contributed by atoms with Crippen LogP contribution in [0.2, 0.25) is 0 Å². The van der Waals surface area contributed by atoms with E-state index in [9.17, 15) is 29.4 Å². The molecule has 0 bridgehead atoms. The maximum atomic E-state index is 13.5. The summed E-state index contributed by atoms with van der Waals surface area (Å²) in [5.41, 5.74) is 1.09. The lowest BCUT2D eigenvalue weighted by Crippen LogP contribution is -2.67. The number of carboxylic acids is 2. The van der Waals surface area contributed by atoms with E-state index in [4.69, 9.17) is 9.47 Å². The van der Waals surface area contributed by atoms with Crippen LogP contribution < -0.4 is 0 Å². The largest absolute Gasteiger partial charge is 0.478 e. The number of carboxylic acid groups (broad SMARTS) is 2. The zero-order valence-electron chi connectivity index (χ0n) is 32.9. The van der Waals surface area contributed by atoms with E-state index in [2.05, 4.69) is 48.1 Å². The van der Waals surface area contributed by atoms with Gasteiger partial charge in [-0.15, -0.1) is 0 Å². The van der Waals surface area contributed by atoms with Gasteiger partial charge in [-0.2, -0.15) is 0 Å². The topological polar surface area (TPSA) is 127 Å². The summed E-state index contributed by atoms with van der Waals surface area (Å²) >= 11 is 0. The highest BCUT2D eigenvalue weighted by Crippen LogP contribution is 2.77. The molecule has 54 heavy (non-hydrogen) atoms. The van der Waals surface area contributed by atoms with Crippen LogP contribution in [0.3, 0.4) is 0 Å². The Morgan fingerprint density at radius 1 is 0.685 bits per heavy atom. The van der Waals surface area contributed by atoms with Crippen LogP contribution in [0.4, 0.5) is 0 Å². The van der Waals surface area contributed by atoms with E-state index in [1.54, 1.807) is 36.4 Å². The summed E-state index contributed by atoms with van der Waals surface area (Å²) in [6.45, 7) is 19.1. The number of carbonyl (C=O) groups excluding carboxylic acids is 2. The van der Waals surface area contributed by atoms with Crippen molar-refractivity contribution in [3.8, 4) is 0 Å². The Hall–Kier alpha value is -3.94. The van der Waals surface area contributed by atoms with Crippen molar-refractivity contribution in [1.82, 2.24) is 0 Å². The maximum Gasteiger partial charge on any atom is 0.339 e. The Morgan fingerprint density at radius 3 is 1.87 bits per heavy atom. The summed E-state index contributed by atoms with van der Waals surface area (Å²) in [6, 6.07) is 12.6. The molecule has 10 atom stereocenters. The van der Waals surface area contributed by atoms with Gasteiger partial charge in [0.1, 0.15) is 6.10 Å². The van der Waals surface area contributed by atoms with Gasteiger partial charge in [0, 0.05) is 10.8 Å². The monoisotopic (exact) mass is 738 g/mol. The number of allylic oxidation sites excluding steroid dienone is 1. The molecule has 0 aromatic heterocycles. The highest BCUT2D eigenvalue weighted by Gasteiger charge is 2.71. The van der Waals surface area contributed by atoms with Crippen molar-refractivity contribution in [3.63, 3.8) is 0 Å². The Morgan fingerprint density at radius 2 is 1.28 bits per heavy atom. The quantitative estimate of drug-likeness (QED) is 0.202. The van der Waals surface area contributed by atoms with Crippen molar-refractivity contribution in [2.24, 2.45) is 56.7 Å². The number of fused-ring (bicyclic) bond motifs is 7. The molecule has 5 fully saturated rings. The van der Waals surface area contributed by atoms with Gasteiger partial charge in [0.05, 0.1) is 28.9 Å². The molecule has 0 radical (unpaired) electrons. The smallest absolute Gasteiger partial charge is 0.339 e. The minimum absolute atomic E-state index is 0.0336. The molecule has 0 spiro atoms. The summed E-state index contributed by atoms with van der Waals surface area (Å²) in [7, 11) is 0. The number of hydrogen-bond acceptors (Lipinski definition) is 6. The molecule has 8 nitrogen and oxygen atoms in total. The SMILES string of the molecule is C=C(C)[C@@H]1CC[C@]2(COC(=O)c3ccccc3C(=O)O)CC[C@]3(C)[C@H](CC[C@@H]4[C@@]5(C)CC[C@H](OC(=O)c6ccccc6C(=O)O)C(C)(C)[C@@H]5CC[C@]43C)[C@H]12. The normalized spacial score (nSPS) is 37.7. The fraction of sp³-hybridized carbons (Fsp3) is 0.609. The van der Waals surface area contributed by atoms with Crippen LogP contribution in [0.1, 0.15) is 147 Å². The van der Waals surface area contributed by atoms with Crippen molar-refractivity contribution < 1.29 is 38.9 Å². The van der Waals surface area contributed by atoms with Crippen molar-refractivity contribution in [3.05, 3.63) is 82.9 Å². The van der Waals surface area contributed by atoms with Gasteiger partial charge in [-0.05, 0) is 141 Å². The van der Waals surface area contributed by atoms with Crippen LogP contribution in [0.25, 0.3) is 0 Å². The highest BCUT2D eigenvalue weighted by atomic mass is 16.5. The van der Waals surface area contributed by atoms with Crippen LogP contribution in [-0.2, 0) is 9.47 Å². The van der Waals surface area contributed by atoms with Gasteiger partial charge >= 0.3 is 23.9 Å². The minimum atomic E-state index is -1.14. The van der Waals surface area contributed by atoms with E-state index in [1.807, 2.05) is 0 Å². The molecule has 5 aliphatic rings. The van der Waals surface area contributed by atoms with Crippen LogP contribution >= 0.6 is 0 Å². The Bertz CT molecular complexity index is 1880. The molecular formula is C46H58O8. The summed E-state index contributed by atoms with van der Waals surface area (Å²) < 4.78 is 12.4. The Labute approximate surface area is 320 Å². The van der Waals surface area contributed by atoms with E-state index in [1.165, 1.54) is 17.7 Å². The van der Waals surface area contributed by atoms with E-state index in [-0.39, 0.29) is 55.4 Å². The van der Waals surface area contributed by atoms with Gasteiger partial charge in [0.2, 0.25) is 0 Å². The summed E-state index contributed by atoms with van der Waals surface area (Å²) in [5, 5.41) is 19.5. The number of rotatable bonds is 8. The Kier molecular flexibility index (Phi) is 9.49. The van der Waals surface area contributed by atoms with Gasteiger partial charge in [0.15, 0.2) is 0 Å². The van der Waals surface area contributed by atoms with E-state index >= 15 is 0 Å². The zero-order chi connectivity index (χ0) is 39.0. The van der Waals surface area contributed by atoms with Gasteiger partial charge < -0.3 is 19.7 Å². The molecule has 290 valence electrons. The van der Waals surface area contributed by atoms with Gasteiger partial charge in [0.25, 0.3) is 0 Å². The second kappa shape index (κ2) is 13.4. The summed E-state index contributed by atoms with van der Waals surface area (Å²) in [5.74, 6) is -1.43. The first kappa shape index (κ1) is 38.3. The van der Waals surface area contributed by atoms with Crippen LogP contribution in [0.15, 0.2) is 60.7 Å². The van der Waals surface area contributed by atoms with Gasteiger partial charge in [-0.25, -0.2) is 19.2 Å². The molecular weight excluding hydrogens is 680 g/mol. The molecule has 5 aliphatic carbocycles. The first-order valence-electron chi connectivity index (χ1n) is 20.1. The number of carbonyl (C=O) groups is 4. The molecule has 0 aliphatic heterocycles. The molecule has 0 amide bonds. The standard InChI is InChI=1S/C46H58O8/c1-27(2)28-18-23-46(26-53-40(51)31-14-10-8-12-29(31)38(47)48)25-24-44(6)33(37(28)46)16-17-35-43(5)21-20-36(42(3,4)34(43)19-22-45(35,44)7)54-41(52)32-15-11-9-13-30(32)39(49)50/h8-15,28,33-37H,1,16-26H2,2-7H3,(H,47,48)(H,49,50)/t28-,33+,34-,35+,36-,37-,43-,44+,45+,46+/m0/s1. The Balaban J connectivity index is 1.14. The van der Waals surface area contributed by atoms with E-state index in [0.29, 0.717) is 36.2 Å². The second-order valence-electron chi connectivity index (χ2n) is 19.1. The summed E-state index contributed by atoms with van der Waals surface area (Å²) in [4.78, 5) is 50.7. The molecule has 0 unspecified atom stereocenters. The van der Waals surface area contributed by atoms with Gasteiger partial charge in [-0.1, -0.05) is 71.0 Å².